The minimum Gasteiger partial charge on any atom is -0.351 e. The summed E-state index contributed by atoms with van der Waals surface area (Å²) in [5.74, 6) is 0.586. The summed E-state index contributed by atoms with van der Waals surface area (Å²) in [6.07, 6.45) is 5.54. The lowest BCUT2D eigenvalue weighted by molar-refractivity contribution is 0.612. The Labute approximate surface area is 176 Å². The molecule has 152 valence electrons. The smallest absolute Gasteiger partial charge is 0.251 e. The number of benzene rings is 1. The highest BCUT2D eigenvalue weighted by Crippen LogP contribution is 2.26. The van der Waals surface area contributed by atoms with Crippen LogP contribution in [0.1, 0.15) is 50.8 Å². The van der Waals surface area contributed by atoms with Gasteiger partial charge in [-0.1, -0.05) is 37.6 Å². The number of nitrogens with zero attached hydrogens (tertiary/aromatic N) is 3. The molecule has 1 N–H and O–H groups in total. The zero-order valence-corrected chi connectivity index (χ0v) is 18.1. The average molecular weight is 411 g/mol. The third kappa shape index (κ3) is 4.67. The number of hydrogen-bond acceptors (Lipinski definition) is 4. The van der Waals surface area contributed by atoms with Crippen molar-refractivity contribution in [2.75, 3.05) is 5.32 Å². The normalized spacial score (nSPS) is 12.2. The molecule has 2 heterocycles. The highest BCUT2D eigenvalue weighted by molar-refractivity contribution is 6.31. The summed E-state index contributed by atoms with van der Waals surface area (Å²) in [6, 6.07) is 11.4. The third-order valence-corrected chi connectivity index (χ3v) is 5.80. The lowest BCUT2D eigenvalue weighted by atomic mass is 10.0. The van der Waals surface area contributed by atoms with Gasteiger partial charge in [-0.05, 0) is 56.0 Å². The summed E-state index contributed by atoms with van der Waals surface area (Å²) in [4.78, 5) is 21.7. The molecular formula is C23H27ClN4O. The lowest BCUT2D eigenvalue weighted by Crippen LogP contribution is -2.23. The fraction of sp³-hybridized carbons (Fsp3) is 0.348. The second-order valence-electron chi connectivity index (χ2n) is 7.21. The van der Waals surface area contributed by atoms with Crippen LogP contribution in [0.5, 0.6) is 0 Å². The van der Waals surface area contributed by atoms with Crippen molar-refractivity contribution in [3.8, 4) is 11.3 Å². The van der Waals surface area contributed by atoms with Gasteiger partial charge in [0.2, 0.25) is 5.95 Å². The van der Waals surface area contributed by atoms with Crippen molar-refractivity contribution in [3.05, 3.63) is 75.3 Å². The number of pyridine rings is 1. The van der Waals surface area contributed by atoms with Crippen LogP contribution >= 0.6 is 11.6 Å². The fourth-order valence-electron chi connectivity index (χ4n) is 3.46. The second kappa shape index (κ2) is 9.23. The molecule has 29 heavy (non-hydrogen) atoms. The average Bonchev–Trinajstić information content (AvgIpc) is 2.73. The van der Waals surface area contributed by atoms with Crippen LogP contribution in [0.15, 0.2) is 53.6 Å². The Balaban J connectivity index is 1.90. The maximum absolute atomic E-state index is 12.9. The molecule has 5 nitrogen and oxygen atoms in total. The standard InChI is InChI=1S/C23H27ClN4O/c1-5-18(6-2)26-23-25-12-10-21(27-23)17-11-13-28(22(29)14-17)16(4)19-8-7-9-20(24)15(19)3/h7-14,16,18H,5-6H2,1-4H3,(H,25,26,27). The monoisotopic (exact) mass is 410 g/mol. The fourth-order valence-corrected chi connectivity index (χ4v) is 3.64. The molecule has 0 saturated heterocycles. The van der Waals surface area contributed by atoms with Gasteiger partial charge >= 0.3 is 0 Å². The van der Waals surface area contributed by atoms with Crippen molar-refractivity contribution in [2.45, 2.75) is 52.6 Å². The van der Waals surface area contributed by atoms with Crippen molar-refractivity contribution in [3.63, 3.8) is 0 Å². The van der Waals surface area contributed by atoms with Gasteiger partial charge in [0.15, 0.2) is 0 Å². The maximum Gasteiger partial charge on any atom is 0.251 e. The van der Waals surface area contributed by atoms with E-state index in [0.29, 0.717) is 17.0 Å². The minimum absolute atomic E-state index is 0.0810. The first-order chi connectivity index (χ1) is 13.9. The second-order valence-corrected chi connectivity index (χ2v) is 7.62. The summed E-state index contributed by atoms with van der Waals surface area (Å²) < 4.78 is 1.71. The molecule has 0 aliphatic heterocycles. The van der Waals surface area contributed by atoms with Gasteiger partial charge in [0.05, 0.1) is 11.7 Å². The Morgan fingerprint density at radius 3 is 2.62 bits per heavy atom. The van der Waals surface area contributed by atoms with Crippen LogP contribution < -0.4 is 10.9 Å². The molecule has 2 aromatic heterocycles. The van der Waals surface area contributed by atoms with E-state index in [0.717, 1.165) is 35.2 Å². The van der Waals surface area contributed by atoms with E-state index in [4.69, 9.17) is 11.6 Å². The van der Waals surface area contributed by atoms with E-state index < -0.39 is 0 Å². The summed E-state index contributed by atoms with van der Waals surface area (Å²) in [6.45, 7) is 8.24. The number of rotatable bonds is 7. The highest BCUT2D eigenvalue weighted by atomic mass is 35.5. The molecule has 3 aromatic rings. The van der Waals surface area contributed by atoms with E-state index in [-0.39, 0.29) is 11.6 Å². The van der Waals surface area contributed by atoms with E-state index in [9.17, 15) is 4.79 Å². The van der Waals surface area contributed by atoms with Crippen molar-refractivity contribution in [1.82, 2.24) is 14.5 Å². The number of nitrogens with one attached hydrogen (secondary N) is 1. The molecular weight excluding hydrogens is 384 g/mol. The van der Waals surface area contributed by atoms with E-state index >= 15 is 0 Å². The maximum atomic E-state index is 12.9. The molecule has 0 saturated carbocycles. The number of hydrogen-bond donors (Lipinski definition) is 1. The Bertz CT molecular complexity index is 1040. The van der Waals surface area contributed by atoms with Crippen LogP contribution in [0.2, 0.25) is 5.02 Å². The third-order valence-electron chi connectivity index (χ3n) is 5.40. The zero-order valence-electron chi connectivity index (χ0n) is 17.3. The number of halogens is 1. The summed E-state index contributed by atoms with van der Waals surface area (Å²) >= 11 is 6.25. The van der Waals surface area contributed by atoms with Crippen LogP contribution in [0.25, 0.3) is 11.3 Å². The molecule has 0 spiro atoms. The van der Waals surface area contributed by atoms with Crippen LogP contribution in [0, 0.1) is 6.92 Å². The Morgan fingerprint density at radius 1 is 1.17 bits per heavy atom. The SMILES string of the molecule is CCC(CC)Nc1nccc(-c2ccn(C(C)c3cccc(Cl)c3C)c(=O)c2)n1. The predicted molar refractivity (Wildman–Crippen MR) is 120 cm³/mol. The Hall–Kier alpha value is -2.66. The van der Waals surface area contributed by atoms with Gasteiger partial charge in [-0.15, -0.1) is 0 Å². The number of anilines is 1. The summed E-state index contributed by atoms with van der Waals surface area (Å²) in [5.41, 5.74) is 3.44. The van der Waals surface area contributed by atoms with E-state index in [1.807, 2.05) is 50.4 Å². The van der Waals surface area contributed by atoms with Crippen molar-refractivity contribution in [2.24, 2.45) is 0 Å². The zero-order chi connectivity index (χ0) is 21.0. The van der Waals surface area contributed by atoms with Crippen molar-refractivity contribution < 1.29 is 0 Å². The van der Waals surface area contributed by atoms with Gasteiger partial charge in [0, 0.05) is 35.1 Å². The predicted octanol–water partition coefficient (Wildman–Crippen LogP) is 5.48. The van der Waals surface area contributed by atoms with Crippen LogP contribution in [-0.4, -0.2) is 20.6 Å². The molecule has 3 rings (SSSR count). The molecule has 0 aliphatic rings. The Morgan fingerprint density at radius 2 is 1.93 bits per heavy atom. The van der Waals surface area contributed by atoms with Gasteiger partial charge in [-0.2, -0.15) is 0 Å². The van der Waals surface area contributed by atoms with Gasteiger partial charge in [0.1, 0.15) is 0 Å². The topological polar surface area (TPSA) is 59.8 Å². The van der Waals surface area contributed by atoms with Crippen LogP contribution in [0.4, 0.5) is 5.95 Å². The molecule has 1 atom stereocenters. The molecule has 6 heteroatoms. The van der Waals surface area contributed by atoms with Crippen LogP contribution in [0.3, 0.4) is 0 Å². The molecule has 0 radical (unpaired) electrons. The molecule has 0 amide bonds. The summed E-state index contributed by atoms with van der Waals surface area (Å²) in [5, 5.41) is 4.05. The number of aromatic nitrogens is 3. The van der Waals surface area contributed by atoms with Gasteiger partial charge in [0.25, 0.3) is 5.56 Å². The van der Waals surface area contributed by atoms with Gasteiger partial charge in [-0.3, -0.25) is 4.79 Å². The first-order valence-corrected chi connectivity index (χ1v) is 10.4. The van der Waals surface area contributed by atoms with E-state index in [2.05, 4.69) is 29.1 Å². The van der Waals surface area contributed by atoms with E-state index in [1.165, 1.54) is 0 Å². The molecule has 0 bridgehead atoms. The van der Waals surface area contributed by atoms with Gasteiger partial charge < -0.3 is 9.88 Å². The highest BCUT2D eigenvalue weighted by Gasteiger charge is 2.14. The quantitative estimate of drug-likeness (QED) is 0.560. The van der Waals surface area contributed by atoms with Gasteiger partial charge in [-0.25, -0.2) is 9.97 Å². The van der Waals surface area contributed by atoms with Crippen molar-refractivity contribution >= 4 is 17.5 Å². The Kier molecular flexibility index (Phi) is 6.70. The van der Waals surface area contributed by atoms with E-state index in [1.54, 1.807) is 16.8 Å². The first-order valence-electron chi connectivity index (χ1n) is 10.0. The molecule has 1 aromatic carbocycles. The summed E-state index contributed by atoms with van der Waals surface area (Å²) in [7, 11) is 0. The lowest BCUT2D eigenvalue weighted by Gasteiger charge is -2.19. The largest absolute Gasteiger partial charge is 0.351 e. The first kappa shape index (κ1) is 21.1. The molecule has 0 aliphatic carbocycles. The molecule has 0 fully saturated rings. The van der Waals surface area contributed by atoms with Crippen LogP contribution in [-0.2, 0) is 0 Å². The minimum atomic E-state index is -0.118. The molecule has 1 unspecified atom stereocenters. The van der Waals surface area contributed by atoms with Crippen molar-refractivity contribution in [1.29, 1.82) is 0 Å².